The van der Waals surface area contributed by atoms with Crippen molar-refractivity contribution in [1.29, 1.82) is 0 Å². The molecule has 3 fully saturated rings. The quantitative estimate of drug-likeness (QED) is 0.921. The number of nitrogens with one attached hydrogen (secondary N) is 1. The van der Waals surface area contributed by atoms with Crippen molar-refractivity contribution in [2.24, 2.45) is 23.7 Å². The van der Waals surface area contributed by atoms with E-state index < -0.39 is 0 Å². The Kier molecular flexibility index (Phi) is 3.41. The van der Waals surface area contributed by atoms with Crippen molar-refractivity contribution in [1.82, 2.24) is 15.5 Å². The Morgan fingerprint density at radius 2 is 2.08 bits per heavy atom. The van der Waals surface area contributed by atoms with Crippen LogP contribution in [-0.2, 0) is 0 Å². The van der Waals surface area contributed by atoms with E-state index in [0.717, 1.165) is 35.3 Å². The Bertz CT molecular complexity index is 827. The maximum atomic E-state index is 12.8. The number of carbonyl (C=O) groups excluding carboxylic acids is 1. The molecule has 2 heterocycles. The maximum Gasteiger partial charge on any atom is 0.257 e. The second kappa shape index (κ2) is 5.55. The average molecular weight is 339 g/mol. The lowest BCUT2D eigenvalue weighted by Crippen LogP contribution is -2.42. The normalized spacial score (nSPS) is 33.3. The number of rotatable bonds is 3. The first-order valence-corrected chi connectivity index (χ1v) is 9.68. The monoisotopic (exact) mass is 339 g/mol. The standard InChI is InChI=1S/C20H25N3O2/c1-10(2)18-16-7-12(9-21-20(16)25-23-18)19(24)22-17-8-11-6-15(17)14-5-3-4-13(11)14/h7,9-11,13-15,17H,3-6,8H2,1-2H3,(H,22,24). The molecule has 3 aliphatic rings. The third-order valence-corrected chi connectivity index (χ3v) is 6.91. The van der Waals surface area contributed by atoms with Crippen LogP contribution >= 0.6 is 0 Å². The first-order chi connectivity index (χ1) is 12.1. The molecule has 5 nitrogen and oxygen atoms in total. The fourth-order valence-corrected chi connectivity index (χ4v) is 5.88. The highest BCUT2D eigenvalue weighted by Crippen LogP contribution is 2.58. The van der Waals surface area contributed by atoms with Gasteiger partial charge in [-0.25, -0.2) is 4.98 Å². The summed E-state index contributed by atoms with van der Waals surface area (Å²) in [6, 6.07) is 2.23. The molecule has 5 atom stereocenters. The topological polar surface area (TPSA) is 68.0 Å². The zero-order valence-electron chi connectivity index (χ0n) is 14.9. The fraction of sp³-hybridized carbons (Fsp3) is 0.650. The van der Waals surface area contributed by atoms with Crippen molar-refractivity contribution in [3.05, 3.63) is 23.5 Å². The van der Waals surface area contributed by atoms with E-state index in [9.17, 15) is 4.79 Å². The largest absolute Gasteiger partial charge is 0.349 e. The highest BCUT2D eigenvalue weighted by molar-refractivity contribution is 5.97. The van der Waals surface area contributed by atoms with Gasteiger partial charge >= 0.3 is 0 Å². The Morgan fingerprint density at radius 1 is 1.24 bits per heavy atom. The molecule has 0 aromatic carbocycles. The summed E-state index contributed by atoms with van der Waals surface area (Å²) in [5.74, 6) is 3.58. The minimum atomic E-state index is -0.00240. The number of fused-ring (bicyclic) bond motifs is 6. The first kappa shape index (κ1) is 15.4. The molecule has 5 heteroatoms. The van der Waals surface area contributed by atoms with Crippen molar-refractivity contribution >= 4 is 17.0 Å². The molecule has 0 radical (unpaired) electrons. The summed E-state index contributed by atoms with van der Waals surface area (Å²) in [5, 5.41) is 8.26. The van der Waals surface area contributed by atoms with Crippen LogP contribution in [0.1, 0.15) is 67.9 Å². The molecular weight excluding hydrogens is 314 g/mol. The fourth-order valence-electron chi connectivity index (χ4n) is 5.88. The molecule has 0 aliphatic heterocycles. The van der Waals surface area contributed by atoms with Gasteiger partial charge < -0.3 is 9.84 Å². The lowest BCUT2D eigenvalue weighted by atomic mass is 9.79. The molecule has 2 aromatic rings. The van der Waals surface area contributed by atoms with E-state index in [1.54, 1.807) is 6.20 Å². The lowest BCUT2D eigenvalue weighted by molar-refractivity contribution is 0.0901. The second-order valence-corrected chi connectivity index (χ2v) is 8.53. The molecule has 0 spiro atoms. The number of pyridine rings is 1. The van der Waals surface area contributed by atoms with Crippen LogP contribution in [0.2, 0.25) is 0 Å². The lowest BCUT2D eigenvalue weighted by Gasteiger charge is -2.32. The van der Waals surface area contributed by atoms with Gasteiger partial charge in [-0.2, -0.15) is 0 Å². The van der Waals surface area contributed by atoms with Crippen LogP contribution in [0.3, 0.4) is 0 Å². The number of hydrogen-bond acceptors (Lipinski definition) is 4. The molecular formula is C20H25N3O2. The smallest absolute Gasteiger partial charge is 0.257 e. The van der Waals surface area contributed by atoms with Crippen molar-refractivity contribution in [3.8, 4) is 0 Å². The van der Waals surface area contributed by atoms with E-state index in [4.69, 9.17) is 4.52 Å². The molecule has 3 saturated carbocycles. The third kappa shape index (κ3) is 2.31. The zero-order chi connectivity index (χ0) is 17.1. The summed E-state index contributed by atoms with van der Waals surface area (Å²) in [5.41, 5.74) is 1.99. The molecule has 1 amide bonds. The van der Waals surface area contributed by atoms with Crippen LogP contribution in [-0.4, -0.2) is 22.1 Å². The number of carbonyl (C=O) groups is 1. The van der Waals surface area contributed by atoms with Crippen LogP contribution < -0.4 is 5.32 Å². The van der Waals surface area contributed by atoms with Gasteiger partial charge in [-0.3, -0.25) is 4.79 Å². The van der Waals surface area contributed by atoms with Crippen molar-refractivity contribution < 1.29 is 9.32 Å². The molecule has 1 N–H and O–H groups in total. The molecule has 5 unspecified atom stereocenters. The van der Waals surface area contributed by atoms with Gasteiger partial charge in [0.05, 0.1) is 16.6 Å². The van der Waals surface area contributed by atoms with E-state index in [2.05, 4.69) is 29.3 Å². The van der Waals surface area contributed by atoms with Gasteiger partial charge in [0.1, 0.15) is 0 Å². The third-order valence-electron chi connectivity index (χ3n) is 6.91. The van der Waals surface area contributed by atoms with Crippen LogP contribution in [0.15, 0.2) is 16.8 Å². The van der Waals surface area contributed by atoms with Gasteiger partial charge in [0.2, 0.25) is 0 Å². The van der Waals surface area contributed by atoms with E-state index in [1.165, 1.54) is 25.7 Å². The highest BCUT2D eigenvalue weighted by Gasteiger charge is 2.54. The molecule has 132 valence electrons. The SMILES string of the molecule is CC(C)c1noc2ncc(C(=O)NC3CC4CC3C3CCCC43)cc12. The van der Waals surface area contributed by atoms with E-state index in [-0.39, 0.29) is 11.8 Å². The highest BCUT2D eigenvalue weighted by atomic mass is 16.5. The second-order valence-electron chi connectivity index (χ2n) is 8.53. The van der Waals surface area contributed by atoms with Crippen LogP contribution in [0.4, 0.5) is 0 Å². The summed E-state index contributed by atoms with van der Waals surface area (Å²) < 4.78 is 5.27. The van der Waals surface area contributed by atoms with Gasteiger partial charge in [0, 0.05) is 12.2 Å². The van der Waals surface area contributed by atoms with Gasteiger partial charge in [0.15, 0.2) is 0 Å². The molecule has 2 aromatic heterocycles. The summed E-state index contributed by atoms with van der Waals surface area (Å²) in [4.78, 5) is 17.1. The van der Waals surface area contributed by atoms with Crippen LogP contribution in [0.5, 0.6) is 0 Å². The number of amides is 1. The average Bonchev–Trinajstić information content (AvgIpc) is 3.34. The predicted molar refractivity (Wildman–Crippen MR) is 94.2 cm³/mol. The number of hydrogen-bond donors (Lipinski definition) is 1. The summed E-state index contributed by atoms with van der Waals surface area (Å²) >= 11 is 0. The number of aromatic nitrogens is 2. The van der Waals surface area contributed by atoms with Crippen molar-refractivity contribution in [2.45, 2.75) is 57.9 Å². The van der Waals surface area contributed by atoms with E-state index in [0.29, 0.717) is 23.2 Å². The molecule has 2 bridgehead atoms. The summed E-state index contributed by atoms with van der Waals surface area (Å²) in [6.07, 6.45) is 8.26. The number of nitrogens with zero attached hydrogens (tertiary/aromatic N) is 2. The molecule has 25 heavy (non-hydrogen) atoms. The van der Waals surface area contributed by atoms with Crippen molar-refractivity contribution in [2.75, 3.05) is 0 Å². The van der Waals surface area contributed by atoms with E-state index >= 15 is 0 Å². The van der Waals surface area contributed by atoms with Gasteiger partial charge in [0.25, 0.3) is 11.6 Å². The molecule has 0 saturated heterocycles. The van der Waals surface area contributed by atoms with Crippen LogP contribution in [0.25, 0.3) is 11.1 Å². The molecule has 3 aliphatic carbocycles. The summed E-state index contributed by atoms with van der Waals surface area (Å²) in [7, 11) is 0. The van der Waals surface area contributed by atoms with Gasteiger partial charge in [-0.15, -0.1) is 0 Å². The Labute approximate surface area is 147 Å². The minimum Gasteiger partial charge on any atom is -0.349 e. The predicted octanol–water partition coefficient (Wildman–Crippen LogP) is 3.90. The summed E-state index contributed by atoms with van der Waals surface area (Å²) in [6.45, 7) is 4.13. The minimum absolute atomic E-state index is 0.00240. The zero-order valence-corrected chi connectivity index (χ0v) is 14.9. The Balaban J connectivity index is 1.36. The maximum absolute atomic E-state index is 12.8. The van der Waals surface area contributed by atoms with Gasteiger partial charge in [-0.1, -0.05) is 25.4 Å². The van der Waals surface area contributed by atoms with Crippen LogP contribution in [0, 0.1) is 23.7 Å². The van der Waals surface area contributed by atoms with Crippen molar-refractivity contribution in [3.63, 3.8) is 0 Å². The van der Waals surface area contributed by atoms with Gasteiger partial charge in [-0.05, 0) is 61.3 Å². The molecule has 5 rings (SSSR count). The Hall–Kier alpha value is -1.91. The Morgan fingerprint density at radius 3 is 2.92 bits per heavy atom. The van der Waals surface area contributed by atoms with E-state index in [1.807, 2.05) is 6.07 Å². The first-order valence-electron chi connectivity index (χ1n) is 9.68.